The lowest BCUT2D eigenvalue weighted by molar-refractivity contribution is 0.608. The van der Waals surface area contributed by atoms with Crippen molar-refractivity contribution in [3.05, 3.63) is 76.5 Å². The molecule has 0 radical (unpaired) electrons. The van der Waals surface area contributed by atoms with Crippen LogP contribution in [0.25, 0.3) is 5.57 Å². The Labute approximate surface area is 220 Å². The molecule has 5 rings (SSSR count). The van der Waals surface area contributed by atoms with Crippen LogP contribution in [-0.2, 0) is 6.42 Å². The Morgan fingerprint density at radius 1 is 1.08 bits per heavy atom. The summed E-state index contributed by atoms with van der Waals surface area (Å²) in [5.41, 5.74) is 10.3. The van der Waals surface area contributed by atoms with Gasteiger partial charge >= 0.3 is 0 Å². The largest absolute Gasteiger partial charge is 0.391 e. The van der Waals surface area contributed by atoms with Crippen LogP contribution in [-0.4, -0.2) is 36.8 Å². The van der Waals surface area contributed by atoms with E-state index in [1.54, 1.807) is 0 Å². The maximum absolute atomic E-state index is 4.90. The van der Waals surface area contributed by atoms with Gasteiger partial charge in [0.1, 0.15) is 5.82 Å². The highest BCUT2D eigenvalue weighted by Crippen LogP contribution is 2.41. The first-order chi connectivity index (χ1) is 17.4. The quantitative estimate of drug-likeness (QED) is 0.427. The Hall–Kier alpha value is -3.25. The van der Waals surface area contributed by atoms with Crippen LogP contribution in [0.5, 0.6) is 0 Å². The third-order valence-electron chi connectivity index (χ3n) is 6.40. The zero-order chi connectivity index (χ0) is 26.2. The molecule has 0 fully saturated rings. The van der Waals surface area contributed by atoms with Crippen LogP contribution in [0.2, 0.25) is 0 Å². The number of aliphatic imine (C=N–C) groups is 1. The van der Waals surface area contributed by atoms with Crippen LogP contribution < -0.4 is 16.0 Å². The number of nitrogens with one attached hydrogen (secondary N) is 3. The topological polar surface area (TPSA) is 74.2 Å². The number of rotatable bonds is 5. The van der Waals surface area contributed by atoms with E-state index >= 15 is 0 Å². The molecule has 36 heavy (non-hydrogen) atoms. The minimum atomic E-state index is 0. The average molecular weight is 491 g/mol. The SMILES string of the molecule is CC.CNC.CNC1=CC(Nc2ccc3c(n2)CC=C3c2cc3c(cn2)N=C(C)C3C(C)C)=CCC1.[HH].[HH]. The molecule has 0 saturated carbocycles. The van der Waals surface area contributed by atoms with Gasteiger partial charge in [-0.15, -0.1) is 0 Å². The number of nitrogens with zero attached hydrogens (tertiary/aromatic N) is 3. The molecule has 1 atom stereocenters. The molecule has 0 bridgehead atoms. The third-order valence-corrected chi connectivity index (χ3v) is 6.40. The molecule has 1 unspecified atom stereocenters. The summed E-state index contributed by atoms with van der Waals surface area (Å²) in [6, 6.07) is 6.48. The van der Waals surface area contributed by atoms with Crippen LogP contribution in [0.4, 0.5) is 11.5 Å². The van der Waals surface area contributed by atoms with Gasteiger partial charge in [0.15, 0.2) is 0 Å². The number of anilines is 1. The predicted octanol–water partition coefficient (Wildman–Crippen LogP) is 6.86. The van der Waals surface area contributed by atoms with Gasteiger partial charge in [0.05, 0.1) is 23.3 Å². The molecule has 2 aromatic heterocycles. The number of allylic oxidation sites excluding steroid dienone is 4. The second-order valence-corrected chi connectivity index (χ2v) is 9.36. The van der Waals surface area contributed by atoms with E-state index in [-0.39, 0.29) is 2.85 Å². The molecular weight excluding hydrogens is 444 g/mol. The molecule has 0 aromatic carbocycles. The molecule has 1 aliphatic heterocycles. The van der Waals surface area contributed by atoms with E-state index in [1.807, 2.05) is 41.2 Å². The summed E-state index contributed by atoms with van der Waals surface area (Å²) in [5.74, 6) is 1.79. The van der Waals surface area contributed by atoms with Crippen molar-refractivity contribution in [3.8, 4) is 0 Å². The molecule has 196 valence electrons. The fraction of sp³-hybridized carbons (Fsp3) is 0.433. The summed E-state index contributed by atoms with van der Waals surface area (Å²) in [5, 5.41) is 9.47. The minimum Gasteiger partial charge on any atom is -0.391 e. The van der Waals surface area contributed by atoms with Gasteiger partial charge in [-0.05, 0) is 69.6 Å². The van der Waals surface area contributed by atoms with Gasteiger partial charge in [-0.1, -0.05) is 39.8 Å². The van der Waals surface area contributed by atoms with Crippen molar-refractivity contribution >= 4 is 22.8 Å². The third kappa shape index (κ3) is 5.93. The van der Waals surface area contributed by atoms with Gasteiger partial charge in [0.25, 0.3) is 0 Å². The van der Waals surface area contributed by atoms with Crippen molar-refractivity contribution in [2.45, 2.75) is 59.8 Å². The zero-order valence-electron chi connectivity index (χ0n) is 23.2. The highest BCUT2D eigenvalue weighted by atomic mass is 15.0. The van der Waals surface area contributed by atoms with Crippen molar-refractivity contribution in [1.29, 1.82) is 0 Å². The van der Waals surface area contributed by atoms with Crippen molar-refractivity contribution in [2.24, 2.45) is 10.9 Å². The fourth-order valence-electron chi connectivity index (χ4n) is 4.94. The highest BCUT2D eigenvalue weighted by molar-refractivity contribution is 5.97. The van der Waals surface area contributed by atoms with Crippen LogP contribution in [0.3, 0.4) is 0 Å². The Kier molecular flexibility index (Phi) is 9.59. The molecule has 3 aliphatic rings. The molecule has 2 aliphatic carbocycles. The molecular formula is C30H46N6. The molecule has 0 saturated heterocycles. The van der Waals surface area contributed by atoms with E-state index in [0.29, 0.717) is 11.8 Å². The summed E-state index contributed by atoms with van der Waals surface area (Å²) >= 11 is 0. The average Bonchev–Trinajstić information content (AvgIpc) is 3.45. The van der Waals surface area contributed by atoms with E-state index in [0.717, 1.165) is 47.9 Å². The van der Waals surface area contributed by atoms with E-state index in [4.69, 9.17) is 15.0 Å². The minimum absolute atomic E-state index is 0. The first-order valence-corrected chi connectivity index (χ1v) is 13.1. The smallest absolute Gasteiger partial charge is 0.130 e. The van der Waals surface area contributed by atoms with Gasteiger partial charge in [-0.25, -0.2) is 4.98 Å². The lowest BCUT2D eigenvalue weighted by Crippen LogP contribution is -2.12. The van der Waals surface area contributed by atoms with Crippen molar-refractivity contribution in [2.75, 3.05) is 26.5 Å². The predicted molar refractivity (Wildman–Crippen MR) is 158 cm³/mol. The van der Waals surface area contributed by atoms with Crippen molar-refractivity contribution < 1.29 is 2.85 Å². The highest BCUT2D eigenvalue weighted by Gasteiger charge is 2.29. The molecule has 6 nitrogen and oxygen atoms in total. The lowest BCUT2D eigenvalue weighted by Gasteiger charge is -2.17. The standard InChI is InChI=1S/C26H29N5.C2H7N.C2H6.2H2/c1-15(2)26-16(3)29-24-14-28-23(13-21(24)26)20-8-10-22-19(20)9-11-25(31-22)30-18-7-5-6-17(12-18)27-4;1-3-2;1-2;;/h7-9,11-15,26-27H,5-6,10H2,1-4H3,(H,30,31);3H,1-2H3;1-2H3;2*1H. The van der Waals surface area contributed by atoms with Gasteiger partial charge in [0, 0.05) is 50.5 Å². The normalized spacial score (nSPS) is 17.3. The molecule has 0 amide bonds. The van der Waals surface area contributed by atoms with E-state index in [1.165, 1.54) is 28.1 Å². The van der Waals surface area contributed by atoms with Crippen molar-refractivity contribution in [3.63, 3.8) is 0 Å². The number of aromatic nitrogens is 2. The first kappa shape index (κ1) is 27.3. The number of hydrogen-bond acceptors (Lipinski definition) is 6. The maximum Gasteiger partial charge on any atom is 0.130 e. The Morgan fingerprint density at radius 3 is 2.53 bits per heavy atom. The van der Waals surface area contributed by atoms with Crippen LogP contribution in [0.1, 0.15) is 78.7 Å². The summed E-state index contributed by atoms with van der Waals surface area (Å²) in [7, 11) is 5.72. The van der Waals surface area contributed by atoms with Crippen LogP contribution in [0.15, 0.2) is 59.0 Å². The summed E-state index contributed by atoms with van der Waals surface area (Å²) in [6.07, 6.45) is 11.5. The summed E-state index contributed by atoms with van der Waals surface area (Å²) < 4.78 is 0. The molecule has 6 heteroatoms. The summed E-state index contributed by atoms with van der Waals surface area (Å²) in [6.45, 7) is 10.7. The Bertz CT molecular complexity index is 1200. The Morgan fingerprint density at radius 2 is 1.83 bits per heavy atom. The van der Waals surface area contributed by atoms with E-state index < -0.39 is 0 Å². The van der Waals surface area contributed by atoms with Crippen LogP contribution >= 0.6 is 0 Å². The van der Waals surface area contributed by atoms with Crippen LogP contribution in [0, 0.1) is 5.92 Å². The van der Waals surface area contributed by atoms with Gasteiger partial charge in [0.2, 0.25) is 0 Å². The molecule has 3 N–H and O–H groups in total. The zero-order valence-corrected chi connectivity index (χ0v) is 23.2. The van der Waals surface area contributed by atoms with Gasteiger partial charge < -0.3 is 16.0 Å². The number of hydrogen-bond donors (Lipinski definition) is 3. The van der Waals surface area contributed by atoms with E-state index in [2.05, 4.69) is 73.1 Å². The lowest BCUT2D eigenvalue weighted by atomic mass is 9.86. The maximum atomic E-state index is 4.90. The Balaban J connectivity index is 0.000000966. The fourth-order valence-corrected chi connectivity index (χ4v) is 4.94. The second kappa shape index (κ2) is 12.6. The van der Waals surface area contributed by atoms with Crippen molar-refractivity contribution in [1.82, 2.24) is 20.6 Å². The van der Waals surface area contributed by atoms with Gasteiger partial charge in [-0.2, -0.15) is 0 Å². The summed E-state index contributed by atoms with van der Waals surface area (Å²) in [4.78, 5) is 14.4. The monoisotopic (exact) mass is 490 g/mol. The first-order valence-electron chi connectivity index (χ1n) is 13.1. The number of pyridine rings is 2. The van der Waals surface area contributed by atoms with E-state index in [9.17, 15) is 0 Å². The van der Waals surface area contributed by atoms with Gasteiger partial charge in [-0.3, -0.25) is 9.98 Å². The number of fused-ring (bicyclic) bond motifs is 2. The molecule has 0 spiro atoms. The molecule has 3 heterocycles. The molecule has 2 aromatic rings. The second-order valence-electron chi connectivity index (χ2n) is 9.36.